The van der Waals surface area contributed by atoms with Crippen molar-refractivity contribution in [2.75, 3.05) is 31.1 Å². The standard InChI is InChI=1S/C12H17N3O2/c1-10-3-4-11(15(16)17)9-12(10)14-7-2-5-13-6-8-14/h3-4,9,13H,2,5-8H2,1H3. The minimum absolute atomic E-state index is 0.169. The fraction of sp³-hybridized carbons (Fsp3) is 0.500. The van der Waals surface area contributed by atoms with Crippen LogP contribution >= 0.6 is 0 Å². The largest absolute Gasteiger partial charge is 0.370 e. The van der Waals surface area contributed by atoms with E-state index >= 15 is 0 Å². The summed E-state index contributed by atoms with van der Waals surface area (Å²) in [5.41, 5.74) is 2.25. The van der Waals surface area contributed by atoms with Crippen molar-refractivity contribution in [3.8, 4) is 0 Å². The van der Waals surface area contributed by atoms with Crippen molar-refractivity contribution < 1.29 is 4.92 Å². The van der Waals surface area contributed by atoms with Gasteiger partial charge in [0.2, 0.25) is 0 Å². The van der Waals surface area contributed by atoms with Gasteiger partial charge in [0.1, 0.15) is 0 Å². The minimum atomic E-state index is -0.334. The van der Waals surface area contributed by atoms with E-state index in [-0.39, 0.29) is 10.6 Å². The van der Waals surface area contributed by atoms with Crippen LogP contribution in [0, 0.1) is 17.0 Å². The fourth-order valence-corrected chi connectivity index (χ4v) is 2.14. The molecule has 0 spiro atoms. The number of rotatable bonds is 2. The van der Waals surface area contributed by atoms with Crippen molar-refractivity contribution in [2.45, 2.75) is 13.3 Å². The van der Waals surface area contributed by atoms with Crippen LogP contribution in [-0.4, -0.2) is 31.1 Å². The predicted molar refractivity (Wildman–Crippen MR) is 67.5 cm³/mol. The third kappa shape index (κ3) is 2.74. The number of nitrogens with one attached hydrogen (secondary N) is 1. The van der Waals surface area contributed by atoms with Gasteiger partial charge in [0.15, 0.2) is 0 Å². The highest BCUT2D eigenvalue weighted by molar-refractivity contribution is 5.58. The van der Waals surface area contributed by atoms with Crippen LogP contribution in [0.2, 0.25) is 0 Å². The molecule has 5 heteroatoms. The third-order valence-electron chi connectivity index (χ3n) is 3.08. The van der Waals surface area contributed by atoms with Crippen LogP contribution in [0.4, 0.5) is 11.4 Å². The maximum absolute atomic E-state index is 10.8. The molecule has 0 atom stereocenters. The zero-order valence-electron chi connectivity index (χ0n) is 9.98. The molecule has 17 heavy (non-hydrogen) atoms. The van der Waals surface area contributed by atoms with Gasteiger partial charge in [0, 0.05) is 37.5 Å². The third-order valence-corrected chi connectivity index (χ3v) is 3.08. The van der Waals surface area contributed by atoms with E-state index in [4.69, 9.17) is 0 Å². The van der Waals surface area contributed by atoms with E-state index in [2.05, 4.69) is 10.2 Å². The lowest BCUT2D eigenvalue weighted by Gasteiger charge is -2.23. The van der Waals surface area contributed by atoms with E-state index in [0.717, 1.165) is 43.9 Å². The number of nitrogens with zero attached hydrogens (tertiary/aromatic N) is 2. The zero-order chi connectivity index (χ0) is 12.3. The molecule has 2 rings (SSSR count). The van der Waals surface area contributed by atoms with Gasteiger partial charge in [-0.3, -0.25) is 10.1 Å². The van der Waals surface area contributed by atoms with E-state index < -0.39 is 0 Å². The van der Waals surface area contributed by atoms with Gasteiger partial charge in [-0.2, -0.15) is 0 Å². The SMILES string of the molecule is Cc1ccc([N+](=O)[O-])cc1N1CCCNCC1. The van der Waals surface area contributed by atoms with Crippen LogP contribution in [0.5, 0.6) is 0 Å². The first-order valence-electron chi connectivity index (χ1n) is 5.89. The van der Waals surface area contributed by atoms with Crippen LogP contribution < -0.4 is 10.2 Å². The molecule has 1 heterocycles. The van der Waals surface area contributed by atoms with Crippen molar-refractivity contribution in [2.24, 2.45) is 0 Å². The Morgan fingerprint density at radius 1 is 1.35 bits per heavy atom. The van der Waals surface area contributed by atoms with E-state index in [1.807, 2.05) is 13.0 Å². The lowest BCUT2D eigenvalue weighted by molar-refractivity contribution is -0.384. The van der Waals surface area contributed by atoms with Gasteiger partial charge in [0.25, 0.3) is 5.69 Å². The molecule has 0 aliphatic carbocycles. The fourth-order valence-electron chi connectivity index (χ4n) is 2.14. The molecule has 0 unspecified atom stereocenters. The molecular weight excluding hydrogens is 218 g/mol. The monoisotopic (exact) mass is 235 g/mol. The van der Waals surface area contributed by atoms with Gasteiger partial charge in [-0.1, -0.05) is 6.07 Å². The molecule has 0 amide bonds. The smallest absolute Gasteiger partial charge is 0.271 e. The van der Waals surface area contributed by atoms with Gasteiger partial charge in [0.05, 0.1) is 4.92 Å². The number of nitro benzene ring substituents is 1. The first-order chi connectivity index (χ1) is 8.18. The summed E-state index contributed by atoms with van der Waals surface area (Å²) in [6.45, 7) is 5.81. The highest BCUT2D eigenvalue weighted by Crippen LogP contribution is 2.25. The van der Waals surface area contributed by atoms with E-state index in [1.54, 1.807) is 12.1 Å². The van der Waals surface area contributed by atoms with Gasteiger partial charge in [-0.15, -0.1) is 0 Å². The highest BCUT2D eigenvalue weighted by atomic mass is 16.6. The Balaban J connectivity index is 2.28. The summed E-state index contributed by atoms with van der Waals surface area (Å²) < 4.78 is 0. The summed E-state index contributed by atoms with van der Waals surface area (Å²) in [5, 5.41) is 14.1. The molecule has 1 fully saturated rings. The second-order valence-corrected chi connectivity index (χ2v) is 4.32. The van der Waals surface area contributed by atoms with Crippen molar-refractivity contribution in [3.63, 3.8) is 0 Å². The maximum atomic E-state index is 10.8. The molecule has 1 aromatic carbocycles. The van der Waals surface area contributed by atoms with Gasteiger partial charge < -0.3 is 10.2 Å². The minimum Gasteiger partial charge on any atom is -0.370 e. The number of nitro groups is 1. The molecule has 1 N–H and O–H groups in total. The summed E-state index contributed by atoms with van der Waals surface area (Å²) in [4.78, 5) is 12.7. The average molecular weight is 235 g/mol. The Kier molecular flexibility index (Phi) is 3.58. The molecule has 1 saturated heterocycles. The number of benzene rings is 1. The lowest BCUT2D eigenvalue weighted by Crippen LogP contribution is -2.28. The van der Waals surface area contributed by atoms with Crippen molar-refractivity contribution in [3.05, 3.63) is 33.9 Å². The predicted octanol–water partition coefficient (Wildman–Crippen LogP) is 1.70. The molecule has 92 valence electrons. The topological polar surface area (TPSA) is 58.4 Å². The second-order valence-electron chi connectivity index (χ2n) is 4.32. The molecule has 0 radical (unpaired) electrons. The van der Waals surface area contributed by atoms with Crippen molar-refractivity contribution in [1.82, 2.24) is 5.32 Å². The van der Waals surface area contributed by atoms with Crippen LogP contribution in [-0.2, 0) is 0 Å². The number of hydrogen-bond donors (Lipinski definition) is 1. The average Bonchev–Trinajstić information content (AvgIpc) is 2.58. The van der Waals surface area contributed by atoms with Gasteiger partial charge in [-0.05, 0) is 25.5 Å². The van der Waals surface area contributed by atoms with Crippen molar-refractivity contribution >= 4 is 11.4 Å². The van der Waals surface area contributed by atoms with Gasteiger partial charge in [-0.25, -0.2) is 0 Å². The Hall–Kier alpha value is -1.62. The van der Waals surface area contributed by atoms with Crippen LogP contribution in [0.1, 0.15) is 12.0 Å². The van der Waals surface area contributed by atoms with E-state index in [9.17, 15) is 10.1 Å². The number of anilines is 1. The summed E-state index contributed by atoms with van der Waals surface area (Å²) >= 11 is 0. The highest BCUT2D eigenvalue weighted by Gasteiger charge is 2.15. The summed E-state index contributed by atoms with van der Waals surface area (Å²) in [6, 6.07) is 5.07. The summed E-state index contributed by atoms with van der Waals surface area (Å²) in [7, 11) is 0. The first-order valence-corrected chi connectivity index (χ1v) is 5.89. The molecule has 0 bridgehead atoms. The molecule has 1 aliphatic heterocycles. The number of aryl methyl sites for hydroxylation is 1. The van der Waals surface area contributed by atoms with Gasteiger partial charge >= 0.3 is 0 Å². The Bertz CT molecular complexity index is 412. The maximum Gasteiger partial charge on any atom is 0.271 e. The number of non-ortho nitro benzene ring substituents is 1. The normalized spacial score (nSPS) is 16.6. The van der Waals surface area contributed by atoms with Crippen LogP contribution in [0.3, 0.4) is 0 Å². The number of hydrogen-bond acceptors (Lipinski definition) is 4. The lowest BCUT2D eigenvalue weighted by atomic mass is 10.1. The Morgan fingerprint density at radius 2 is 2.18 bits per heavy atom. The molecule has 0 aromatic heterocycles. The first kappa shape index (κ1) is 11.9. The molecule has 1 aliphatic rings. The van der Waals surface area contributed by atoms with Crippen molar-refractivity contribution in [1.29, 1.82) is 0 Å². The summed E-state index contributed by atoms with van der Waals surface area (Å²) in [5.74, 6) is 0. The zero-order valence-corrected chi connectivity index (χ0v) is 9.98. The molecular formula is C12H17N3O2. The Labute approximate surface area is 101 Å². The van der Waals surface area contributed by atoms with E-state index in [1.165, 1.54) is 0 Å². The Morgan fingerprint density at radius 3 is 2.94 bits per heavy atom. The van der Waals surface area contributed by atoms with Crippen LogP contribution in [0.25, 0.3) is 0 Å². The summed E-state index contributed by atoms with van der Waals surface area (Å²) in [6.07, 6.45) is 1.07. The van der Waals surface area contributed by atoms with E-state index in [0.29, 0.717) is 0 Å². The molecule has 0 saturated carbocycles. The second kappa shape index (κ2) is 5.14. The molecule has 1 aromatic rings. The van der Waals surface area contributed by atoms with Crippen LogP contribution in [0.15, 0.2) is 18.2 Å². The quantitative estimate of drug-likeness (QED) is 0.626. The molecule has 5 nitrogen and oxygen atoms in total.